The topological polar surface area (TPSA) is 9.23 Å². The molecule has 0 unspecified atom stereocenters. The molecule has 0 saturated heterocycles. The van der Waals surface area contributed by atoms with E-state index in [0.717, 1.165) is 11.5 Å². The van der Waals surface area contributed by atoms with Crippen molar-refractivity contribution < 1.29 is 4.74 Å². The molecule has 0 bridgehead atoms. The third-order valence-corrected chi connectivity index (χ3v) is 1.16. The summed E-state index contributed by atoms with van der Waals surface area (Å²) in [6.45, 7) is 7.30. The molecule has 0 aliphatic rings. The normalized spacial score (nSPS) is 10.8. The Labute approximate surface area is 80.5 Å². The molecule has 0 amide bonds. The number of hydrogen-bond donors (Lipinski definition) is 0. The first-order valence-electron chi connectivity index (χ1n) is 4.06. The summed E-state index contributed by atoms with van der Waals surface area (Å²) in [5.74, 6) is 12.7. The Bertz CT molecular complexity index is 290. The summed E-state index contributed by atoms with van der Waals surface area (Å²) >= 11 is 0. The van der Waals surface area contributed by atoms with Crippen LogP contribution in [0.15, 0.2) is 23.7 Å². The second kappa shape index (κ2) is 7.07. The Hall–Kier alpha value is -1.60. The van der Waals surface area contributed by atoms with Crippen LogP contribution < -0.4 is 0 Å². The molecule has 0 aliphatic carbocycles. The predicted octanol–water partition coefficient (Wildman–Crippen LogP) is 2.86. The Kier molecular flexibility index (Phi) is 6.20. The molecule has 13 heavy (non-hydrogen) atoms. The highest BCUT2D eigenvalue weighted by molar-refractivity contribution is 5.20. The maximum absolute atomic E-state index is 5.37. The molecule has 0 aliphatic heterocycles. The minimum Gasteiger partial charge on any atom is -0.465 e. The Morgan fingerprint density at radius 2 is 1.31 bits per heavy atom. The standard InChI is InChI=1S/C12H14O/c1-5-7-9-11(3)13-12(4)10-8-6-2/h9-10H,1-4H3. The van der Waals surface area contributed by atoms with E-state index in [9.17, 15) is 0 Å². The van der Waals surface area contributed by atoms with Crippen LogP contribution in [0.4, 0.5) is 0 Å². The smallest absolute Gasteiger partial charge is 0.109 e. The van der Waals surface area contributed by atoms with Gasteiger partial charge in [0.15, 0.2) is 0 Å². The number of hydrogen-bond acceptors (Lipinski definition) is 1. The first kappa shape index (κ1) is 11.4. The van der Waals surface area contributed by atoms with Crippen molar-refractivity contribution in [1.29, 1.82) is 0 Å². The summed E-state index contributed by atoms with van der Waals surface area (Å²) in [5, 5.41) is 0. The largest absolute Gasteiger partial charge is 0.465 e. The first-order chi connectivity index (χ1) is 6.20. The van der Waals surface area contributed by atoms with Gasteiger partial charge < -0.3 is 4.74 Å². The summed E-state index contributed by atoms with van der Waals surface area (Å²) in [4.78, 5) is 0. The van der Waals surface area contributed by atoms with E-state index >= 15 is 0 Å². The van der Waals surface area contributed by atoms with E-state index in [1.54, 1.807) is 26.0 Å². The molecule has 0 spiro atoms. The SMILES string of the molecule is CC#CC=C(C)OC(C)=CC#CC. The van der Waals surface area contributed by atoms with Crippen molar-refractivity contribution in [2.24, 2.45) is 0 Å². The zero-order valence-electron chi connectivity index (χ0n) is 8.56. The van der Waals surface area contributed by atoms with Crippen LogP contribution in [0.3, 0.4) is 0 Å². The number of allylic oxidation sites excluding steroid dienone is 4. The van der Waals surface area contributed by atoms with Crippen LogP contribution in [0.5, 0.6) is 0 Å². The molecule has 1 heteroatoms. The van der Waals surface area contributed by atoms with E-state index in [1.165, 1.54) is 0 Å². The van der Waals surface area contributed by atoms with E-state index in [-0.39, 0.29) is 0 Å². The maximum Gasteiger partial charge on any atom is 0.109 e. The quantitative estimate of drug-likeness (QED) is 0.462. The summed E-state index contributed by atoms with van der Waals surface area (Å²) in [7, 11) is 0. The fraction of sp³-hybridized carbons (Fsp3) is 0.333. The van der Waals surface area contributed by atoms with Crippen LogP contribution >= 0.6 is 0 Å². The summed E-state index contributed by atoms with van der Waals surface area (Å²) in [5.41, 5.74) is 0. The van der Waals surface area contributed by atoms with Crippen molar-refractivity contribution in [1.82, 2.24) is 0 Å². The molecule has 0 atom stereocenters. The minimum atomic E-state index is 0.779. The van der Waals surface area contributed by atoms with Crippen LogP contribution in [0.2, 0.25) is 0 Å². The van der Waals surface area contributed by atoms with E-state index in [0.29, 0.717) is 0 Å². The Morgan fingerprint density at radius 1 is 0.923 bits per heavy atom. The van der Waals surface area contributed by atoms with E-state index in [1.807, 2.05) is 13.8 Å². The van der Waals surface area contributed by atoms with Crippen LogP contribution in [-0.4, -0.2) is 0 Å². The van der Waals surface area contributed by atoms with Gasteiger partial charge >= 0.3 is 0 Å². The number of rotatable bonds is 2. The highest BCUT2D eigenvalue weighted by Gasteiger charge is 1.89. The van der Waals surface area contributed by atoms with E-state index in [4.69, 9.17) is 4.74 Å². The molecule has 0 radical (unpaired) electrons. The zero-order chi connectivity index (χ0) is 10.1. The number of ether oxygens (including phenoxy) is 1. The molecule has 0 aromatic carbocycles. The average molecular weight is 174 g/mol. The summed E-state index contributed by atoms with van der Waals surface area (Å²) < 4.78 is 5.37. The van der Waals surface area contributed by atoms with Gasteiger partial charge in [-0.15, -0.1) is 11.8 Å². The molecule has 0 rings (SSSR count). The van der Waals surface area contributed by atoms with E-state index in [2.05, 4.69) is 23.7 Å². The minimum absolute atomic E-state index is 0.779. The lowest BCUT2D eigenvalue weighted by Gasteiger charge is -2.02. The highest BCUT2D eigenvalue weighted by Crippen LogP contribution is 2.03. The summed E-state index contributed by atoms with van der Waals surface area (Å²) in [6, 6.07) is 0. The Morgan fingerprint density at radius 3 is 1.62 bits per heavy atom. The van der Waals surface area contributed by atoms with Crippen molar-refractivity contribution >= 4 is 0 Å². The monoisotopic (exact) mass is 174 g/mol. The van der Waals surface area contributed by atoms with Crippen LogP contribution in [-0.2, 0) is 4.74 Å². The van der Waals surface area contributed by atoms with Crippen LogP contribution in [0.1, 0.15) is 27.7 Å². The first-order valence-corrected chi connectivity index (χ1v) is 4.06. The molecule has 68 valence electrons. The van der Waals surface area contributed by atoms with Crippen molar-refractivity contribution in [3.05, 3.63) is 23.7 Å². The molecule has 0 N–H and O–H groups in total. The molecule has 0 aromatic rings. The third-order valence-electron chi connectivity index (χ3n) is 1.16. The second-order valence-corrected chi connectivity index (χ2v) is 2.40. The highest BCUT2D eigenvalue weighted by atomic mass is 16.5. The lowest BCUT2D eigenvalue weighted by molar-refractivity contribution is 0.310. The van der Waals surface area contributed by atoms with Crippen LogP contribution in [0, 0.1) is 23.7 Å². The predicted molar refractivity (Wildman–Crippen MR) is 55.5 cm³/mol. The van der Waals surface area contributed by atoms with Crippen molar-refractivity contribution in [3.63, 3.8) is 0 Å². The average Bonchev–Trinajstić information content (AvgIpc) is 2.11. The fourth-order valence-corrected chi connectivity index (χ4v) is 0.660. The van der Waals surface area contributed by atoms with Gasteiger partial charge in [-0.1, -0.05) is 11.8 Å². The molecular weight excluding hydrogens is 160 g/mol. The third kappa shape index (κ3) is 6.78. The molecule has 1 nitrogen and oxygen atoms in total. The van der Waals surface area contributed by atoms with Gasteiger partial charge in [0.25, 0.3) is 0 Å². The van der Waals surface area contributed by atoms with E-state index < -0.39 is 0 Å². The maximum atomic E-state index is 5.37. The van der Waals surface area contributed by atoms with Crippen LogP contribution in [0.25, 0.3) is 0 Å². The molecule has 0 fully saturated rings. The van der Waals surface area contributed by atoms with Gasteiger partial charge in [-0.25, -0.2) is 0 Å². The fourth-order valence-electron chi connectivity index (χ4n) is 0.660. The van der Waals surface area contributed by atoms with Gasteiger partial charge in [0.1, 0.15) is 11.5 Å². The zero-order valence-corrected chi connectivity index (χ0v) is 8.56. The van der Waals surface area contributed by atoms with Gasteiger partial charge in [0.05, 0.1) is 0 Å². The molecular formula is C12H14O. The lowest BCUT2D eigenvalue weighted by Crippen LogP contribution is -1.84. The Balaban J connectivity index is 4.23. The van der Waals surface area contributed by atoms with Gasteiger partial charge in [-0.05, 0) is 27.7 Å². The van der Waals surface area contributed by atoms with Crippen molar-refractivity contribution in [2.45, 2.75) is 27.7 Å². The molecule has 0 aromatic heterocycles. The van der Waals surface area contributed by atoms with Gasteiger partial charge in [-0.2, -0.15) is 0 Å². The second-order valence-electron chi connectivity index (χ2n) is 2.40. The van der Waals surface area contributed by atoms with Gasteiger partial charge in [0.2, 0.25) is 0 Å². The van der Waals surface area contributed by atoms with Crippen molar-refractivity contribution in [3.8, 4) is 23.7 Å². The lowest BCUT2D eigenvalue weighted by atomic mass is 10.4. The van der Waals surface area contributed by atoms with Gasteiger partial charge in [0, 0.05) is 12.2 Å². The molecule has 0 saturated carbocycles. The van der Waals surface area contributed by atoms with Gasteiger partial charge in [-0.3, -0.25) is 0 Å². The van der Waals surface area contributed by atoms with Crippen molar-refractivity contribution in [2.75, 3.05) is 0 Å². The molecule has 0 heterocycles. The summed E-state index contributed by atoms with van der Waals surface area (Å²) in [6.07, 6.45) is 3.47.